The predicted molar refractivity (Wildman–Crippen MR) is 66.7 cm³/mol. The van der Waals surface area contributed by atoms with Crippen molar-refractivity contribution in [1.82, 2.24) is 14.2 Å². The van der Waals surface area contributed by atoms with Gasteiger partial charge in [-0.1, -0.05) is 0 Å². The maximum absolute atomic E-state index is 12.2. The van der Waals surface area contributed by atoms with Crippen LogP contribution in [0.2, 0.25) is 0 Å². The molecule has 2 fully saturated rings. The molecule has 0 bridgehead atoms. The van der Waals surface area contributed by atoms with E-state index in [1.54, 1.807) is 0 Å². The maximum Gasteiger partial charge on any atom is 0.239 e. The number of hydrogen-bond acceptors (Lipinski definition) is 4. The summed E-state index contributed by atoms with van der Waals surface area (Å²) in [6.45, 7) is 4.86. The van der Waals surface area contributed by atoms with E-state index in [4.69, 9.17) is 0 Å². The number of hydrogen-bond donors (Lipinski definition) is 0. The van der Waals surface area contributed by atoms with Crippen molar-refractivity contribution in [3.63, 3.8) is 0 Å². The van der Waals surface area contributed by atoms with Crippen LogP contribution in [0.1, 0.15) is 25.3 Å². The van der Waals surface area contributed by atoms with Crippen LogP contribution in [0.4, 0.5) is 0 Å². The number of amides is 1. The van der Waals surface area contributed by atoms with Crippen LogP contribution in [0, 0.1) is 0 Å². The van der Waals surface area contributed by atoms with Crippen molar-refractivity contribution in [3.8, 4) is 0 Å². The Kier molecular flexibility index (Phi) is 2.88. The Labute approximate surface area is 105 Å². The first-order valence-electron chi connectivity index (χ1n) is 6.18. The van der Waals surface area contributed by atoms with Crippen LogP contribution >= 0.6 is 11.5 Å². The lowest BCUT2D eigenvalue weighted by atomic mass is 10.1. The van der Waals surface area contributed by atoms with Crippen LogP contribution in [0.25, 0.3) is 0 Å². The minimum atomic E-state index is 0.0178. The number of piperazine rings is 1. The predicted octanol–water partition coefficient (Wildman–Crippen LogP) is 1.34. The second-order valence-corrected chi connectivity index (χ2v) is 5.62. The molecule has 0 N–H and O–H groups in total. The van der Waals surface area contributed by atoms with E-state index in [2.05, 4.69) is 19.6 Å². The molecule has 1 aromatic heterocycles. The standard InChI is InChI=1S/C12H17N3OS/c1-9-12(16)15-4-2-3-11(15)7-14(9)6-10-5-13-17-8-10/h5,8-9,11H,2-4,6-7H2,1H3/t9-,11-/m1/s1. The third-order valence-electron chi connectivity index (χ3n) is 3.88. The fraction of sp³-hybridized carbons (Fsp3) is 0.667. The first kappa shape index (κ1) is 11.2. The van der Waals surface area contributed by atoms with Crippen molar-refractivity contribution < 1.29 is 4.79 Å². The average molecular weight is 251 g/mol. The van der Waals surface area contributed by atoms with E-state index in [1.165, 1.54) is 17.1 Å². The van der Waals surface area contributed by atoms with E-state index in [-0.39, 0.29) is 6.04 Å². The van der Waals surface area contributed by atoms with E-state index in [0.29, 0.717) is 11.9 Å². The largest absolute Gasteiger partial charge is 0.337 e. The molecule has 2 saturated heterocycles. The number of aromatic nitrogens is 1. The summed E-state index contributed by atoms with van der Waals surface area (Å²) in [6, 6.07) is 0.467. The molecule has 0 radical (unpaired) electrons. The smallest absolute Gasteiger partial charge is 0.239 e. The zero-order chi connectivity index (χ0) is 11.8. The van der Waals surface area contributed by atoms with Gasteiger partial charge in [-0.25, -0.2) is 4.37 Å². The highest BCUT2D eigenvalue weighted by atomic mass is 32.1. The van der Waals surface area contributed by atoms with Crippen LogP contribution in [0.3, 0.4) is 0 Å². The summed E-state index contributed by atoms with van der Waals surface area (Å²) in [5.41, 5.74) is 1.22. The van der Waals surface area contributed by atoms with Gasteiger partial charge in [0.25, 0.3) is 0 Å². The SMILES string of the molecule is C[C@@H]1C(=O)N2CCC[C@@H]2CN1Cc1cnsc1. The lowest BCUT2D eigenvalue weighted by Gasteiger charge is -2.41. The first-order chi connectivity index (χ1) is 8.25. The highest BCUT2D eigenvalue weighted by Gasteiger charge is 2.39. The third-order valence-corrected chi connectivity index (χ3v) is 4.51. The summed E-state index contributed by atoms with van der Waals surface area (Å²) in [5.74, 6) is 0.307. The molecule has 1 aromatic rings. The summed E-state index contributed by atoms with van der Waals surface area (Å²) in [5, 5.41) is 2.07. The molecule has 92 valence electrons. The molecule has 2 aliphatic heterocycles. The Hall–Kier alpha value is -0.940. The minimum Gasteiger partial charge on any atom is -0.337 e. The quantitative estimate of drug-likeness (QED) is 0.796. The molecule has 1 amide bonds. The Bertz CT molecular complexity index is 406. The number of rotatable bonds is 2. The normalized spacial score (nSPS) is 29.7. The van der Waals surface area contributed by atoms with Gasteiger partial charge >= 0.3 is 0 Å². The fourth-order valence-electron chi connectivity index (χ4n) is 2.88. The maximum atomic E-state index is 12.2. The van der Waals surface area contributed by atoms with Gasteiger partial charge in [0.2, 0.25) is 5.91 Å². The van der Waals surface area contributed by atoms with Gasteiger partial charge in [-0.05, 0) is 36.9 Å². The van der Waals surface area contributed by atoms with Crippen LogP contribution in [-0.2, 0) is 11.3 Å². The molecule has 0 unspecified atom stereocenters. The number of fused-ring (bicyclic) bond motifs is 1. The van der Waals surface area contributed by atoms with Gasteiger partial charge in [-0.2, -0.15) is 0 Å². The number of carbonyl (C=O) groups is 1. The lowest BCUT2D eigenvalue weighted by Crippen LogP contribution is -2.58. The van der Waals surface area contributed by atoms with Crippen molar-refractivity contribution in [1.29, 1.82) is 0 Å². The molecule has 3 heterocycles. The van der Waals surface area contributed by atoms with Crippen molar-refractivity contribution in [3.05, 3.63) is 17.1 Å². The molecule has 4 nitrogen and oxygen atoms in total. The van der Waals surface area contributed by atoms with Crippen molar-refractivity contribution in [2.75, 3.05) is 13.1 Å². The van der Waals surface area contributed by atoms with Gasteiger partial charge in [0.05, 0.1) is 6.04 Å². The molecular formula is C12H17N3OS. The van der Waals surface area contributed by atoms with Crippen LogP contribution in [0.15, 0.2) is 11.6 Å². The topological polar surface area (TPSA) is 36.4 Å². The van der Waals surface area contributed by atoms with Crippen LogP contribution < -0.4 is 0 Å². The molecule has 17 heavy (non-hydrogen) atoms. The Morgan fingerprint density at radius 3 is 3.24 bits per heavy atom. The van der Waals surface area contributed by atoms with Gasteiger partial charge < -0.3 is 4.90 Å². The number of nitrogens with zero attached hydrogens (tertiary/aromatic N) is 3. The van der Waals surface area contributed by atoms with E-state index in [0.717, 1.165) is 32.5 Å². The highest BCUT2D eigenvalue weighted by molar-refractivity contribution is 7.03. The van der Waals surface area contributed by atoms with Crippen molar-refractivity contribution >= 4 is 17.4 Å². The van der Waals surface area contributed by atoms with E-state index in [9.17, 15) is 4.79 Å². The molecule has 0 spiro atoms. The Morgan fingerprint density at radius 2 is 2.47 bits per heavy atom. The van der Waals surface area contributed by atoms with Gasteiger partial charge in [-0.3, -0.25) is 9.69 Å². The van der Waals surface area contributed by atoms with Crippen molar-refractivity contribution in [2.24, 2.45) is 0 Å². The van der Waals surface area contributed by atoms with E-state index >= 15 is 0 Å². The van der Waals surface area contributed by atoms with Gasteiger partial charge in [0.1, 0.15) is 0 Å². The molecule has 2 aliphatic rings. The monoisotopic (exact) mass is 251 g/mol. The fourth-order valence-corrected chi connectivity index (χ4v) is 3.41. The van der Waals surface area contributed by atoms with E-state index in [1.807, 2.05) is 13.1 Å². The summed E-state index contributed by atoms with van der Waals surface area (Å²) in [6.07, 6.45) is 4.23. The van der Waals surface area contributed by atoms with Gasteiger partial charge in [-0.15, -0.1) is 0 Å². The van der Waals surface area contributed by atoms with Crippen LogP contribution in [0.5, 0.6) is 0 Å². The average Bonchev–Trinajstić information content (AvgIpc) is 2.96. The summed E-state index contributed by atoms with van der Waals surface area (Å²) in [4.78, 5) is 16.6. The second kappa shape index (κ2) is 4.38. The minimum absolute atomic E-state index is 0.0178. The molecule has 0 saturated carbocycles. The first-order valence-corrected chi connectivity index (χ1v) is 7.02. The summed E-state index contributed by atoms with van der Waals surface area (Å²) < 4.78 is 4.12. The van der Waals surface area contributed by atoms with Crippen LogP contribution in [-0.4, -0.2) is 45.3 Å². The Balaban J connectivity index is 1.74. The van der Waals surface area contributed by atoms with E-state index < -0.39 is 0 Å². The molecule has 5 heteroatoms. The Morgan fingerprint density at radius 1 is 1.59 bits per heavy atom. The third kappa shape index (κ3) is 1.98. The number of carbonyl (C=O) groups excluding carboxylic acids is 1. The molecule has 0 aromatic carbocycles. The van der Waals surface area contributed by atoms with Gasteiger partial charge in [0, 0.05) is 37.3 Å². The highest BCUT2D eigenvalue weighted by Crippen LogP contribution is 2.26. The lowest BCUT2D eigenvalue weighted by molar-refractivity contribution is -0.143. The molecule has 3 rings (SSSR count). The summed E-state index contributed by atoms with van der Waals surface area (Å²) in [7, 11) is 0. The molecule has 2 atom stereocenters. The summed E-state index contributed by atoms with van der Waals surface area (Å²) >= 11 is 1.48. The zero-order valence-corrected chi connectivity index (χ0v) is 10.8. The second-order valence-electron chi connectivity index (χ2n) is 4.97. The van der Waals surface area contributed by atoms with Gasteiger partial charge in [0.15, 0.2) is 0 Å². The van der Waals surface area contributed by atoms with Crippen molar-refractivity contribution in [2.45, 2.75) is 38.4 Å². The molecular weight excluding hydrogens is 234 g/mol. The zero-order valence-electron chi connectivity index (χ0n) is 10.0. The molecule has 0 aliphatic carbocycles.